The van der Waals surface area contributed by atoms with Gasteiger partial charge in [0.05, 0.1) is 13.2 Å². The summed E-state index contributed by atoms with van der Waals surface area (Å²) in [4.78, 5) is 0. The fourth-order valence-electron chi connectivity index (χ4n) is 0.983. The summed E-state index contributed by atoms with van der Waals surface area (Å²) >= 11 is 0. The van der Waals surface area contributed by atoms with Gasteiger partial charge in [0, 0.05) is 0 Å². The summed E-state index contributed by atoms with van der Waals surface area (Å²) in [5.41, 5.74) is 1.01. The van der Waals surface area contributed by atoms with Gasteiger partial charge in [-0.3, -0.25) is 0 Å². The van der Waals surface area contributed by atoms with Crippen LogP contribution in [0.2, 0.25) is 0 Å². The monoisotopic (exact) mass is 196 g/mol. The van der Waals surface area contributed by atoms with Gasteiger partial charge in [-0.2, -0.15) is 0 Å². The van der Waals surface area contributed by atoms with Crippen LogP contribution in [0.3, 0.4) is 0 Å². The van der Waals surface area contributed by atoms with Crippen LogP contribution in [0.4, 0.5) is 0 Å². The minimum Gasteiger partial charge on any atom is -0.508 e. The molecule has 0 radical (unpaired) electrons. The quantitative estimate of drug-likeness (QED) is 0.702. The van der Waals surface area contributed by atoms with Crippen molar-refractivity contribution in [2.24, 2.45) is 0 Å². The summed E-state index contributed by atoms with van der Waals surface area (Å²) in [5.74, 6) is 0.403. The van der Waals surface area contributed by atoms with Gasteiger partial charge in [-0.25, -0.2) is 0 Å². The molecule has 0 bridgehead atoms. The van der Waals surface area contributed by atoms with Crippen molar-refractivity contribution in [1.82, 2.24) is 0 Å². The summed E-state index contributed by atoms with van der Waals surface area (Å²) in [6, 6.07) is 7.39. The van der Waals surface area contributed by atoms with E-state index in [2.05, 4.69) is 4.74 Å². The van der Waals surface area contributed by atoms with Gasteiger partial charge < -0.3 is 14.9 Å². The molecule has 0 aliphatic carbocycles. The molecule has 1 aliphatic rings. The number of hydrogen-bond donors (Lipinski definition) is 2. The lowest BCUT2D eigenvalue weighted by Crippen LogP contribution is -1.88. The normalized spacial score (nSPS) is 18.3. The third-order valence-corrected chi connectivity index (χ3v) is 1.98. The molecule has 0 spiro atoms. The van der Waals surface area contributed by atoms with E-state index < -0.39 is 0 Å². The first kappa shape index (κ1) is 11.0. The summed E-state index contributed by atoms with van der Waals surface area (Å²) < 4.78 is 4.61. The topological polar surface area (TPSA) is 53.0 Å². The number of aryl methyl sites for hydroxylation is 1. The molecule has 1 aliphatic heterocycles. The number of para-hydroxylation sites is 1. The molecule has 0 saturated carbocycles. The molecule has 1 aromatic rings. The van der Waals surface area contributed by atoms with E-state index in [0.29, 0.717) is 5.75 Å². The maximum absolute atomic E-state index is 9.11. The highest BCUT2D eigenvalue weighted by Gasteiger charge is 2.19. The van der Waals surface area contributed by atoms with Crippen molar-refractivity contribution in [3.63, 3.8) is 0 Å². The first-order valence-corrected chi connectivity index (χ1v) is 4.77. The molecule has 2 N–H and O–H groups in total. The van der Waals surface area contributed by atoms with Crippen molar-refractivity contribution in [3.05, 3.63) is 29.8 Å². The fraction of sp³-hybridized carbons (Fsp3) is 0.455. The SMILES string of the molecule is CCc1ccccc1O.OCC1CO1. The number of phenolic OH excluding ortho intramolecular Hbond substituents is 1. The highest BCUT2D eigenvalue weighted by Crippen LogP contribution is 2.14. The van der Waals surface area contributed by atoms with Gasteiger partial charge in [-0.1, -0.05) is 25.1 Å². The van der Waals surface area contributed by atoms with Crippen LogP contribution in [-0.2, 0) is 11.2 Å². The van der Waals surface area contributed by atoms with E-state index in [9.17, 15) is 0 Å². The van der Waals surface area contributed by atoms with Crippen molar-refractivity contribution >= 4 is 0 Å². The van der Waals surface area contributed by atoms with Gasteiger partial charge in [0.15, 0.2) is 0 Å². The molecule has 3 heteroatoms. The van der Waals surface area contributed by atoms with E-state index in [1.54, 1.807) is 6.07 Å². The van der Waals surface area contributed by atoms with Gasteiger partial charge in [-0.05, 0) is 18.1 Å². The first-order valence-electron chi connectivity index (χ1n) is 4.77. The Labute approximate surface area is 84.0 Å². The molecule has 1 atom stereocenters. The fourth-order valence-corrected chi connectivity index (χ4v) is 0.983. The summed E-state index contributed by atoms with van der Waals surface area (Å²) in [7, 11) is 0. The number of aromatic hydroxyl groups is 1. The zero-order chi connectivity index (χ0) is 10.4. The third kappa shape index (κ3) is 3.77. The molecule has 78 valence electrons. The number of benzene rings is 1. The highest BCUT2D eigenvalue weighted by atomic mass is 16.6. The molecule has 3 nitrogen and oxygen atoms in total. The van der Waals surface area contributed by atoms with Crippen LogP contribution >= 0.6 is 0 Å². The van der Waals surface area contributed by atoms with Gasteiger partial charge in [0.2, 0.25) is 0 Å². The number of ether oxygens (including phenoxy) is 1. The molecule has 1 unspecified atom stereocenters. The summed E-state index contributed by atoms with van der Waals surface area (Å²) in [6.45, 7) is 2.98. The van der Waals surface area contributed by atoms with Crippen LogP contribution < -0.4 is 0 Å². The van der Waals surface area contributed by atoms with E-state index in [1.165, 1.54) is 0 Å². The Morgan fingerprint density at radius 3 is 2.36 bits per heavy atom. The molecule has 2 rings (SSSR count). The maximum Gasteiger partial charge on any atom is 0.118 e. The first-order chi connectivity index (χ1) is 6.77. The summed E-state index contributed by atoms with van der Waals surface area (Å²) in [5, 5.41) is 17.2. The predicted molar refractivity (Wildman–Crippen MR) is 54.3 cm³/mol. The van der Waals surface area contributed by atoms with E-state index >= 15 is 0 Å². The molecule has 1 fully saturated rings. The minimum absolute atomic E-state index is 0.190. The van der Waals surface area contributed by atoms with Gasteiger partial charge in [0.25, 0.3) is 0 Å². The smallest absolute Gasteiger partial charge is 0.118 e. The zero-order valence-electron chi connectivity index (χ0n) is 8.31. The number of phenols is 1. The van der Waals surface area contributed by atoms with Crippen molar-refractivity contribution in [1.29, 1.82) is 0 Å². The Hall–Kier alpha value is -1.06. The zero-order valence-corrected chi connectivity index (χ0v) is 8.31. The van der Waals surface area contributed by atoms with Gasteiger partial charge >= 0.3 is 0 Å². The van der Waals surface area contributed by atoms with Crippen LogP contribution in [0.15, 0.2) is 24.3 Å². The lowest BCUT2D eigenvalue weighted by Gasteiger charge is -1.97. The number of aliphatic hydroxyl groups is 1. The van der Waals surface area contributed by atoms with Crippen molar-refractivity contribution < 1.29 is 14.9 Å². The number of rotatable bonds is 2. The number of epoxide rings is 1. The predicted octanol–water partition coefficient (Wildman–Crippen LogP) is 1.33. The van der Waals surface area contributed by atoms with Gasteiger partial charge in [0.1, 0.15) is 11.9 Å². The molecule has 14 heavy (non-hydrogen) atoms. The standard InChI is InChI=1S/C8H10O.C3H6O2/c1-2-7-5-3-4-6-8(7)9;4-1-3-2-5-3/h3-6,9H,2H2,1H3;3-4H,1-2H2. The third-order valence-electron chi connectivity index (χ3n) is 1.98. The van der Waals surface area contributed by atoms with Crippen molar-refractivity contribution in [2.45, 2.75) is 19.4 Å². The van der Waals surface area contributed by atoms with Crippen LogP contribution in [0, 0.1) is 0 Å². The summed E-state index contributed by atoms with van der Waals surface area (Å²) in [6.07, 6.45) is 1.09. The molecule has 1 heterocycles. The van der Waals surface area contributed by atoms with E-state index in [4.69, 9.17) is 10.2 Å². The Morgan fingerprint density at radius 2 is 2.07 bits per heavy atom. The van der Waals surface area contributed by atoms with Crippen molar-refractivity contribution in [3.8, 4) is 5.75 Å². The molecule has 0 amide bonds. The van der Waals surface area contributed by atoms with E-state index in [0.717, 1.165) is 18.6 Å². The maximum atomic E-state index is 9.11. The molecular weight excluding hydrogens is 180 g/mol. The molecular formula is C11H16O3. The highest BCUT2D eigenvalue weighted by molar-refractivity contribution is 5.31. The largest absolute Gasteiger partial charge is 0.508 e. The second-order valence-electron chi connectivity index (χ2n) is 3.12. The Kier molecular flexibility index (Phi) is 4.43. The Bertz CT molecular complexity index is 269. The second-order valence-corrected chi connectivity index (χ2v) is 3.12. The van der Waals surface area contributed by atoms with Crippen molar-refractivity contribution in [2.75, 3.05) is 13.2 Å². The number of hydrogen-bond acceptors (Lipinski definition) is 3. The van der Waals surface area contributed by atoms with E-state index in [-0.39, 0.29) is 12.7 Å². The van der Waals surface area contributed by atoms with E-state index in [1.807, 2.05) is 25.1 Å². The molecule has 1 saturated heterocycles. The number of aliphatic hydroxyl groups excluding tert-OH is 1. The Morgan fingerprint density at radius 1 is 1.43 bits per heavy atom. The second kappa shape index (κ2) is 5.62. The lowest BCUT2D eigenvalue weighted by atomic mass is 10.1. The van der Waals surface area contributed by atoms with Crippen LogP contribution in [-0.4, -0.2) is 29.5 Å². The minimum atomic E-state index is 0.190. The van der Waals surface area contributed by atoms with Crippen LogP contribution in [0.1, 0.15) is 12.5 Å². The van der Waals surface area contributed by atoms with Crippen LogP contribution in [0.5, 0.6) is 5.75 Å². The average Bonchev–Trinajstić information content (AvgIpc) is 3.03. The average molecular weight is 196 g/mol. The van der Waals surface area contributed by atoms with Gasteiger partial charge in [-0.15, -0.1) is 0 Å². The lowest BCUT2D eigenvalue weighted by molar-refractivity contribution is 0.244. The Balaban J connectivity index is 0.000000165. The van der Waals surface area contributed by atoms with Crippen LogP contribution in [0.25, 0.3) is 0 Å². The molecule has 1 aromatic carbocycles. The molecule has 0 aromatic heterocycles.